The van der Waals surface area contributed by atoms with Gasteiger partial charge in [0.05, 0.1) is 6.04 Å². The number of anilines is 1. The molecule has 0 aromatic heterocycles. The van der Waals surface area contributed by atoms with Crippen LogP contribution in [0.15, 0.2) is 78.9 Å². The lowest BCUT2D eigenvalue weighted by Crippen LogP contribution is -2.27. The summed E-state index contributed by atoms with van der Waals surface area (Å²) in [4.78, 5) is 25.0. The van der Waals surface area contributed by atoms with Gasteiger partial charge in [-0.15, -0.1) is 0 Å². The van der Waals surface area contributed by atoms with Gasteiger partial charge < -0.3 is 10.6 Å². The molecule has 0 bridgehead atoms. The predicted octanol–water partition coefficient (Wildman–Crippen LogP) is 5.24. The Balaban J connectivity index is 1.37. The first-order valence-electron chi connectivity index (χ1n) is 10.4. The number of amides is 2. The Labute approximate surface area is 177 Å². The number of carbonyl (C=O) groups excluding carboxylic acids is 2. The van der Waals surface area contributed by atoms with E-state index in [2.05, 4.69) is 28.8 Å². The van der Waals surface area contributed by atoms with Crippen molar-refractivity contribution in [2.45, 2.75) is 38.1 Å². The Kier molecular flexibility index (Phi) is 5.94. The van der Waals surface area contributed by atoms with E-state index in [1.54, 1.807) is 12.1 Å². The van der Waals surface area contributed by atoms with Crippen LogP contribution in [0, 0.1) is 0 Å². The molecule has 4 rings (SSSR count). The van der Waals surface area contributed by atoms with Gasteiger partial charge in [-0.2, -0.15) is 0 Å². The number of benzene rings is 3. The van der Waals surface area contributed by atoms with E-state index < -0.39 is 0 Å². The number of nitrogens with one attached hydrogen (secondary N) is 2. The van der Waals surface area contributed by atoms with Gasteiger partial charge in [-0.05, 0) is 66.6 Å². The summed E-state index contributed by atoms with van der Waals surface area (Å²) in [6.07, 6.45) is 2.58. The molecule has 0 heterocycles. The molecule has 2 atom stereocenters. The fraction of sp³-hybridized carbons (Fsp3) is 0.231. The Morgan fingerprint density at radius 1 is 0.967 bits per heavy atom. The van der Waals surface area contributed by atoms with E-state index in [0.717, 1.165) is 18.4 Å². The third kappa shape index (κ3) is 4.60. The second-order valence-corrected chi connectivity index (χ2v) is 7.87. The monoisotopic (exact) mass is 398 g/mol. The SMILES string of the molecule is CC(NC(=O)CC1CCc2ccccc21)c1cccc(NC(=O)c2ccccc2)c1. The highest BCUT2D eigenvalue weighted by Crippen LogP contribution is 2.35. The molecule has 4 heteroatoms. The van der Waals surface area contributed by atoms with Crippen LogP contribution >= 0.6 is 0 Å². The van der Waals surface area contributed by atoms with Crippen LogP contribution in [0.4, 0.5) is 5.69 Å². The van der Waals surface area contributed by atoms with Gasteiger partial charge in [0.2, 0.25) is 5.91 Å². The summed E-state index contributed by atoms with van der Waals surface area (Å²) >= 11 is 0. The molecule has 3 aromatic rings. The zero-order valence-electron chi connectivity index (χ0n) is 17.1. The van der Waals surface area contributed by atoms with Crippen molar-refractivity contribution in [3.63, 3.8) is 0 Å². The van der Waals surface area contributed by atoms with Crippen molar-refractivity contribution in [2.75, 3.05) is 5.32 Å². The van der Waals surface area contributed by atoms with Gasteiger partial charge in [-0.3, -0.25) is 9.59 Å². The topological polar surface area (TPSA) is 58.2 Å². The zero-order valence-corrected chi connectivity index (χ0v) is 17.1. The molecule has 0 aliphatic heterocycles. The van der Waals surface area contributed by atoms with Crippen molar-refractivity contribution >= 4 is 17.5 Å². The first-order valence-corrected chi connectivity index (χ1v) is 10.4. The summed E-state index contributed by atoms with van der Waals surface area (Å²) in [7, 11) is 0. The van der Waals surface area contributed by atoms with Crippen molar-refractivity contribution in [3.05, 3.63) is 101 Å². The predicted molar refractivity (Wildman–Crippen MR) is 120 cm³/mol. The van der Waals surface area contributed by atoms with E-state index in [0.29, 0.717) is 23.6 Å². The van der Waals surface area contributed by atoms with Gasteiger partial charge in [0.25, 0.3) is 5.91 Å². The maximum absolute atomic E-state index is 12.7. The quantitative estimate of drug-likeness (QED) is 0.597. The molecule has 2 N–H and O–H groups in total. The number of rotatable bonds is 6. The molecule has 2 unspecified atom stereocenters. The van der Waals surface area contributed by atoms with Gasteiger partial charge in [0.15, 0.2) is 0 Å². The van der Waals surface area contributed by atoms with Crippen molar-refractivity contribution in [3.8, 4) is 0 Å². The number of fused-ring (bicyclic) bond motifs is 1. The highest BCUT2D eigenvalue weighted by molar-refractivity contribution is 6.04. The van der Waals surface area contributed by atoms with Crippen molar-refractivity contribution < 1.29 is 9.59 Å². The minimum absolute atomic E-state index is 0.0583. The largest absolute Gasteiger partial charge is 0.350 e. The van der Waals surface area contributed by atoms with Crippen LogP contribution in [-0.2, 0) is 11.2 Å². The summed E-state index contributed by atoms with van der Waals surface area (Å²) in [5, 5.41) is 6.04. The number of aryl methyl sites for hydroxylation is 1. The summed E-state index contributed by atoms with van der Waals surface area (Å²) in [6, 6.07) is 25.0. The third-order valence-electron chi connectivity index (χ3n) is 5.75. The number of hydrogen-bond donors (Lipinski definition) is 2. The van der Waals surface area contributed by atoms with Gasteiger partial charge in [-0.25, -0.2) is 0 Å². The fourth-order valence-electron chi connectivity index (χ4n) is 4.14. The minimum Gasteiger partial charge on any atom is -0.350 e. The number of hydrogen-bond acceptors (Lipinski definition) is 2. The summed E-state index contributed by atoms with van der Waals surface area (Å²) < 4.78 is 0. The molecule has 0 saturated carbocycles. The zero-order chi connectivity index (χ0) is 20.9. The molecule has 4 nitrogen and oxygen atoms in total. The Bertz CT molecular complexity index is 1050. The minimum atomic E-state index is -0.149. The highest BCUT2D eigenvalue weighted by Gasteiger charge is 2.24. The molecule has 152 valence electrons. The van der Waals surface area contributed by atoms with E-state index in [1.807, 2.05) is 55.5 Å². The van der Waals surface area contributed by atoms with Crippen LogP contribution in [0.1, 0.15) is 58.8 Å². The molecule has 0 saturated heterocycles. The summed E-state index contributed by atoms with van der Waals surface area (Å²) in [5.74, 6) is 0.206. The van der Waals surface area contributed by atoms with Crippen LogP contribution in [0.3, 0.4) is 0 Å². The first-order chi connectivity index (χ1) is 14.6. The second kappa shape index (κ2) is 8.95. The Hall–Kier alpha value is -3.40. The molecule has 30 heavy (non-hydrogen) atoms. The molecule has 0 radical (unpaired) electrons. The average molecular weight is 399 g/mol. The van der Waals surface area contributed by atoms with Crippen molar-refractivity contribution in [1.82, 2.24) is 5.32 Å². The van der Waals surface area contributed by atoms with Crippen LogP contribution in [0.2, 0.25) is 0 Å². The van der Waals surface area contributed by atoms with Crippen LogP contribution in [-0.4, -0.2) is 11.8 Å². The van der Waals surface area contributed by atoms with E-state index in [9.17, 15) is 9.59 Å². The van der Waals surface area contributed by atoms with E-state index in [4.69, 9.17) is 0 Å². The van der Waals surface area contributed by atoms with E-state index in [-0.39, 0.29) is 17.9 Å². The second-order valence-electron chi connectivity index (χ2n) is 7.87. The number of carbonyl (C=O) groups is 2. The lowest BCUT2D eigenvalue weighted by molar-refractivity contribution is -0.122. The van der Waals surface area contributed by atoms with Crippen molar-refractivity contribution in [2.24, 2.45) is 0 Å². The van der Waals surface area contributed by atoms with E-state index in [1.165, 1.54) is 11.1 Å². The average Bonchev–Trinajstić information content (AvgIpc) is 3.17. The van der Waals surface area contributed by atoms with Gasteiger partial charge >= 0.3 is 0 Å². The Morgan fingerprint density at radius 2 is 1.73 bits per heavy atom. The van der Waals surface area contributed by atoms with Crippen LogP contribution < -0.4 is 10.6 Å². The smallest absolute Gasteiger partial charge is 0.255 e. The normalized spacial score (nSPS) is 15.8. The molecule has 2 amide bonds. The van der Waals surface area contributed by atoms with Crippen LogP contribution in [0.25, 0.3) is 0 Å². The molecule has 1 aliphatic rings. The molecule has 1 aliphatic carbocycles. The lowest BCUT2D eigenvalue weighted by atomic mass is 9.97. The van der Waals surface area contributed by atoms with Gasteiger partial charge in [-0.1, -0.05) is 54.6 Å². The maximum atomic E-state index is 12.7. The summed E-state index contributed by atoms with van der Waals surface area (Å²) in [6.45, 7) is 1.97. The molecule has 0 fully saturated rings. The maximum Gasteiger partial charge on any atom is 0.255 e. The Morgan fingerprint density at radius 3 is 2.57 bits per heavy atom. The molecule has 0 spiro atoms. The highest BCUT2D eigenvalue weighted by atomic mass is 16.2. The fourth-order valence-corrected chi connectivity index (χ4v) is 4.14. The van der Waals surface area contributed by atoms with Gasteiger partial charge in [0, 0.05) is 17.7 Å². The first kappa shape index (κ1) is 19.9. The van der Waals surface area contributed by atoms with E-state index >= 15 is 0 Å². The molecular weight excluding hydrogens is 372 g/mol. The van der Waals surface area contributed by atoms with Gasteiger partial charge in [0.1, 0.15) is 0 Å². The standard InChI is InChI=1S/C26H26N2O2/c1-18(27-25(29)17-22-15-14-19-8-5-6-13-24(19)22)21-11-7-12-23(16-21)28-26(30)20-9-3-2-4-10-20/h2-13,16,18,22H,14-15,17H2,1H3,(H,27,29)(H,28,30). The lowest BCUT2D eigenvalue weighted by Gasteiger charge is -2.18. The summed E-state index contributed by atoms with van der Waals surface area (Å²) in [5.41, 5.74) is 4.96. The molecule has 3 aromatic carbocycles. The molecular formula is C26H26N2O2. The van der Waals surface area contributed by atoms with Crippen molar-refractivity contribution in [1.29, 1.82) is 0 Å². The third-order valence-corrected chi connectivity index (χ3v) is 5.75. The van der Waals surface area contributed by atoms with Crippen LogP contribution in [0.5, 0.6) is 0 Å².